The van der Waals surface area contributed by atoms with E-state index in [1.165, 1.54) is 4.31 Å². The first-order valence-electron chi connectivity index (χ1n) is 7.10. The van der Waals surface area contributed by atoms with E-state index in [1.54, 1.807) is 0 Å². The largest absolute Gasteiger partial charge is 0.355 e. The highest BCUT2D eigenvalue weighted by Gasteiger charge is 2.20. The summed E-state index contributed by atoms with van der Waals surface area (Å²) in [6.45, 7) is 4.63. The molecular weight excluding hydrogens is 288 g/mol. The van der Waals surface area contributed by atoms with Gasteiger partial charge in [0.15, 0.2) is 0 Å². The molecule has 0 aliphatic heterocycles. The topological polar surface area (TPSA) is 66.5 Å². The molecule has 0 heterocycles. The molecule has 1 aromatic carbocycles. The Balaban J connectivity index is 2.71. The highest BCUT2D eigenvalue weighted by atomic mass is 32.2. The molecule has 0 spiro atoms. The Hall–Kier alpha value is -1.40. The summed E-state index contributed by atoms with van der Waals surface area (Å²) in [5.41, 5.74) is 1.94. The van der Waals surface area contributed by atoms with Gasteiger partial charge in [-0.3, -0.25) is 4.79 Å². The minimum absolute atomic E-state index is 0.142. The monoisotopic (exact) mass is 312 g/mol. The molecule has 21 heavy (non-hydrogen) atoms. The highest BCUT2D eigenvalue weighted by molar-refractivity contribution is 7.88. The zero-order chi connectivity index (χ0) is 15.9. The summed E-state index contributed by atoms with van der Waals surface area (Å²) in [6.07, 6.45) is 3.00. The molecule has 0 saturated carbocycles. The van der Waals surface area contributed by atoms with Gasteiger partial charge in [0.05, 0.1) is 12.8 Å². The molecule has 1 amide bonds. The maximum Gasteiger partial charge on any atom is 0.235 e. The number of hydrogen-bond acceptors (Lipinski definition) is 3. The van der Waals surface area contributed by atoms with Gasteiger partial charge in [-0.15, -0.1) is 0 Å². The lowest BCUT2D eigenvalue weighted by molar-refractivity contribution is -0.121. The molecule has 0 saturated heterocycles. The standard InChI is InChI=1S/C15H24N2O3S/c1-4-5-9-16-15(18)12-17(21(3,19)20)11-14-8-6-7-13(2)10-14/h6-8,10H,4-5,9,11-12H2,1-3H3,(H,16,18). The fourth-order valence-corrected chi connectivity index (χ4v) is 2.66. The van der Waals surface area contributed by atoms with Crippen molar-refractivity contribution >= 4 is 15.9 Å². The van der Waals surface area contributed by atoms with Crippen LogP contribution >= 0.6 is 0 Å². The summed E-state index contributed by atoms with van der Waals surface area (Å²) in [6, 6.07) is 7.62. The summed E-state index contributed by atoms with van der Waals surface area (Å²) < 4.78 is 24.9. The summed E-state index contributed by atoms with van der Waals surface area (Å²) in [5, 5.41) is 2.74. The number of amides is 1. The number of unbranched alkanes of at least 4 members (excludes halogenated alkanes) is 1. The van der Waals surface area contributed by atoms with Crippen LogP contribution in [0, 0.1) is 6.92 Å². The molecule has 0 aliphatic rings. The number of nitrogens with zero attached hydrogens (tertiary/aromatic N) is 1. The molecule has 0 fully saturated rings. The van der Waals surface area contributed by atoms with Crippen molar-refractivity contribution in [1.29, 1.82) is 0 Å². The summed E-state index contributed by atoms with van der Waals surface area (Å²) in [5.74, 6) is -0.262. The van der Waals surface area contributed by atoms with Gasteiger partial charge in [-0.05, 0) is 18.9 Å². The van der Waals surface area contributed by atoms with Crippen molar-refractivity contribution in [2.45, 2.75) is 33.2 Å². The Morgan fingerprint density at radius 3 is 2.62 bits per heavy atom. The Morgan fingerprint density at radius 2 is 2.05 bits per heavy atom. The van der Waals surface area contributed by atoms with Crippen molar-refractivity contribution in [3.05, 3.63) is 35.4 Å². The fraction of sp³-hybridized carbons (Fsp3) is 0.533. The lowest BCUT2D eigenvalue weighted by Crippen LogP contribution is -2.40. The zero-order valence-corrected chi connectivity index (χ0v) is 13.7. The summed E-state index contributed by atoms with van der Waals surface area (Å²) in [7, 11) is -3.43. The molecule has 1 rings (SSSR count). The van der Waals surface area contributed by atoms with Crippen LogP contribution in [0.1, 0.15) is 30.9 Å². The molecule has 118 valence electrons. The number of hydrogen-bond donors (Lipinski definition) is 1. The first-order chi connectivity index (χ1) is 9.82. The van der Waals surface area contributed by atoms with Gasteiger partial charge >= 0.3 is 0 Å². The second-order valence-electron chi connectivity index (χ2n) is 5.22. The number of carbonyl (C=O) groups excluding carboxylic acids is 1. The zero-order valence-electron chi connectivity index (χ0n) is 12.9. The van der Waals surface area contributed by atoms with Crippen molar-refractivity contribution in [2.24, 2.45) is 0 Å². The summed E-state index contributed by atoms with van der Waals surface area (Å²) in [4.78, 5) is 11.8. The quantitative estimate of drug-likeness (QED) is 0.743. The summed E-state index contributed by atoms with van der Waals surface area (Å²) >= 11 is 0. The Bertz CT molecular complexity index is 570. The average Bonchev–Trinajstić information content (AvgIpc) is 2.37. The van der Waals surface area contributed by atoms with E-state index < -0.39 is 10.0 Å². The van der Waals surface area contributed by atoms with Crippen molar-refractivity contribution in [3.8, 4) is 0 Å². The van der Waals surface area contributed by atoms with Crippen LogP contribution in [0.3, 0.4) is 0 Å². The third kappa shape index (κ3) is 6.73. The van der Waals surface area contributed by atoms with Crippen LogP contribution in [-0.2, 0) is 21.4 Å². The van der Waals surface area contributed by atoms with Crippen molar-refractivity contribution < 1.29 is 13.2 Å². The number of rotatable bonds is 8. The van der Waals surface area contributed by atoms with Crippen LogP contribution < -0.4 is 5.32 Å². The minimum atomic E-state index is -3.43. The number of nitrogens with one attached hydrogen (secondary N) is 1. The molecule has 0 radical (unpaired) electrons. The molecule has 0 unspecified atom stereocenters. The third-order valence-corrected chi connectivity index (χ3v) is 4.28. The van der Waals surface area contributed by atoms with Gasteiger partial charge in [-0.1, -0.05) is 43.2 Å². The number of benzene rings is 1. The number of aryl methyl sites for hydroxylation is 1. The second-order valence-corrected chi connectivity index (χ2v) is 7.21. The molecule has 0 aromatic heterocycles. The maximum atomic E-state index is 11.8. The van der Waals surface area contributed by atoms with Gasteiger partial charge in [-0.25, -0.2) is 8.42 Å². The van der Waals surface area contributed by atoms with E-state index in [0.717, 1.165) is 30.2 Å². The van der Waals surface area contributed by atoms with Crippen LogP contribution in [0.4, 0.5) is 0 Å². The smallest absolute Gasteiger partial charge is 0.235 e. The Morgan fingerprint density at radius 1 is 1.33 bits per heavy atom. The molecule has 0 atom stereocenters. The number of carbonyl (C=O) groups is 1. The Kier molecular flexibility index (Phi) is 6.84. The normalized spacial score (nSPS) is 11.6. The van der Waals surface area contributed by atoms with Crippen molar-refractivity contribution in [3.63, 3.8) is 0 Å². The second kappa shape index (κ2) is 8.14. The van der Waals surface area contributed by atoms with E-state index >= 15 is 0 Å². The molecule has 1 aromatic rings. The fourth-order valence-electron chi connectivity index (χ4n) is 1.93. The Labute approximate surface area is 127 Å². The van der Waals surface area contributed by atoms with E-state index in [2.05, 4.69) is 5.32 Å². The molecule has 0 aliphatic carbocycles. The molecule has 5 nitrogen and oxygen atoms in total. The van der Waals surface area contributed by atoms with E-state index in [9.17, 15) is 13.2 Å². The van der Waals surface area contributed by atoms with Gasteiger partial charge in [-0.2, -0.15) is 4.31 Å². The molecule has 1 N–H and O–H groups in total. The van der Waals surface area contributed by atoms with Crippen LogP contribution in [0.15, 0.2) is 24.3 Å². The predicted octanol–water partition coefficient (Wildman–Crippen LogP) is 1.67. The van der Waals surface area contributed by atoms with E-state index in [1.807, 2.05) is 38.1 Å². The van der Waals surface area contributed by atoms with E-state index in [4.69, 9.17) is 0 Å². The van der Waals surface area contributed by atoms with Crippen LogP contribution in [-0.4, -0.2) is 38.0 Å². The SMILES string of the molecule is CCCCNC(=O)CN(Cc1cccc(C)c1)S(C)(=O)=O. The lowest BCUT2D eigenvalue weighted by Gasteiger charge is -2.19. The van der Waals surface area contributed by atoms with Gasteiger partial charge in [0.1, 0.15) is 0 Å². The predicted molar refractivity (Wildman–Crippen MR) is 84.4 cm³/mol. The first kappa shape index (κ1) is 17.7. The third-order valence-electron chi connectivity index (χ3n) is 3.08. The molecule has 0 bridgehead atoms. The highest BCUT2D eigenvalue weighted by Crippen LogP contribution is 2.10. The van der Waals surface area contributed by atoms with Crippen molar-refractivity contribution in [2.75, 3.05) is 19.3 Å². The van der Waals surface area contributed by atoms with Crippen molar-refractivity contribution in [1.82, 2.24) is 9.62 Å². The average molecular weight is 312 g/mol. The van der Waals surface area contributed by atoms with Gasteiger partial charge in [0, 0.05) is 13.1 Å². The van der Waals surface area contributed by atoms with E-state index in [-0.39, 0.29) is 19.0 Å². The van der Waals surface area contributed by atoms with E-state index in [0.29, 0.717) is 6.54 Å². The van der Waals surface area contributed by atoms with Gasteiger partial charge < -0.3 is 5.32 Å². The maximum absolute atomic E-state index is 11.8. The van der Waals surface area contributed by atoms with Crippen LogP contribution in [0.2, 0.25) is 0 Å². The first-order valence-corrected chi connectivity index (χ1v) is 8.95. The molecule has 6 heteroatoms. The molecular formula is C15H24N2O3S. The minimum Gasteiger partial charge on any atom is -0.355 e. The van der Waals surface area contributed by atoms with Crippen LogP contribution in [0.25, 0.3) is 0 Å². The van der Waals surface area contributed by atoms with Gasteiger partial charge in [0.2, 0.25) is 15.9 Å². The van der Waals surface area contributed by atoms with Gasteiger partial charge in [0.25, 0.3) is 0 Å². The lowest BCUT2D eigenvalue weighted by atomic mass is 10.1. The van der Waals surface area contributed by atoms with Crippen LogP contribution in [0.5, 0.6) is 0 Å². The number of sulfonamides is 1.